The first kappa shape index (κ1) is 14.3. The minimum Gasteiger partial charge on any atom is -0.492 e. The summed E-state index contributed by atoms with van der Waals surface area (Å²) in [6.07, 6.45) is 0.856. The maximum absolute atomic E-state index is 11.3. The lowest BCUT2D eigenvalue weighted by atomic mass is 10.1. The molecule has 0 aliphatic heterocycles. The molecule has 0 fully saturated rings. The van der Waals surface area contributed by atoms with Crippen LogP contribution in [0.1, 0.15) is 16.8 Å². The minimum atomic E-state index is -0.960. The Bertz CT molecular complexity index is 608. The van der Waals surface area contributed by atoms with Gasteiger partial charge >= 0.3 is 5.97 Å². The Morgan fingerprint density at radius 3 is 2.65 bits per heavy atom. The van der Waals surface area contributed by atoms with Gasteiger partial charge in [0.15, 0.2) is 0 Å². The molecule has 0 aliphatic rings. The third kappa shape index (κ3) is 3.27. The van der Waals surface area contributed by atoms with Crippen molar-refractivity contribution in [2.45, 2.75) is 6.42 Å². The van der Waals surface area contributed by atoms with Gasteiger partial charge in [-0.3, -0.25) is 0 Å². The van der Waals surface area contributed by atoms with E-state index in [2.05, 4.69) is 4.90 Å². The van der Waals surface area contributed by atoms with Crippen molar-refractivity contribution in [3.8, 4) is 5.75 Å². The van der Waals surface area contributed by atoms with Crippen LogP contribution in [0.3, 0.4) is 0 Å². The number of nitrogens with zero attached hydrogens (tertiary/aromatic N) is 1. The smallest absolute Gasteiger partial charge is 0.339 e. The zero-order valence-electron chi connectivity index (χ0n) is 11.8. The van der Waals surface area contributed by atoms with Crippen molar-refractivity contribution >= 4 is 16.7 Å². The predicted octanol–water partition coefficient (Wildman–Crippen LogP) is 2.87. The molecule has 0 bridgehead atoms. The number of hydrogen-bond donors (Lipinski definition) is 1. The monoisotopic (exact) mass is 273 g/mol. The number of carboxylic acid groups (broad SMARTS) is 1. The van der Waals surface area contributed by atoms with Gasteiger partial charge in [0.05, 0.1) is 6.61 Å². The van der Waals surface area contributed by atoms with E-state index in [0.29, 0.717) is 12.4 Å². The van der Waals surface area contributed by atoms with Gasteiger partial charge in [0, 0.05) is 11.9 Å². The summed E-state index contributed by atoms with van der Waals surface area (Å²) in [4.78, 5) is 13.4. The van der Waals surface area contributed by atoms with Crippen LogP contribution < -0.4 is 4.74 Å². The Morgan fingerprint density at radius 2 is 1.95 bits per heavy atom. The summed E-state index contributed by atoms with van der Waals surface area (Å²) in [6, 6.07) is 11.1. The zero-order chi connectivity index (χ0) is 14.5. The van der Waals surface area contributed by atoms with Gasteiger partial charge in [-0.25, -0.2) is 4.79 Å². The second-order valence-corrected chi connectivity index (χ2v) is 4.97. The van der Waals surface area contributed by atoms with Gasteiger partial charge in [0.2, 0.25) is 0 Å². The molecular formula is C16H19NO3. The highest BCUT2D eigenvalue weighted by atomic mass is 16.5. The average molecular weight is 273 g/mol. The first-order chi connectivity index (χ1) is 9.59. The number of carbonyl (C=O) groups is 1. The SMILES string of the molecule is CN(C)CCCOc1c(C(=O)O)ccc2ccccc12. The molecule has 106 valence electrons. The highest BCUT2D eigenvalue weighted by Gasteiger charge is 2.14. The molecule has 20 heavy (non-hydrogen) atoms. The van der Waals surface area contributed by atoms with E-state index in [1.54, 1.807) is 6.07 Å². The molecule has 2 rings (SSSR count). The van der Waals surface area contributed by atoms with Crippen LogP contribution in [-0.4, -0.2) is 43.2 Å². The molecule has 2 aromatic carbocycles. The van der Waals surface area contributed by atoms with E-state index in [4.69, 9.17) is 4.74 Å². The maximum Gasteiger partial charge on any atom is 0.339 e. The lowest BCUT2D eigenvalue weighted by Gasteiger charge is -2.14. The summed E-state index contributed by atoms with van der Waals surface area (Å²) in [5.74, 6) is -0.493. The molecule has 0 atom stereocenters. The van der Waals surface area contributed by atoms with Crippen LogP contribution in [0.15, 0.2) is 36.4 Å². The Morgan fingerprint density at radius 1 is 1.20 bits per heavy atom. The van der Waals surface area contributed by atoms with E-state index in [9.17, 15) is 9.90 Å². The van der Waals surface area contributed by atoms with Crippen molar-refractivity contribution in [2.24, 2.45) is 0 Å². The molecule has 0 saturated heterocycles. The van der Waals surface area contributed by atoms with E-state index in [1.165, 1.54) is 0 Å². The van der Waals surface area contributed by atoms with Crippen LogP contribution in [0.5, 0.6) is 5.75 Å². The van der Waals surface area contributed by atoms with Gasteiger partial charge in [-0.2, -0.15) is 0 Å². The van der Waals surface area contributed by atoms with Gasteiger partial charge in [-0.15, -0.1) is 0 Å². The molecule has 0 heterocycles. The fraction of sp³-hybridized carbons (Fsp3) is 0.312. The molecule has 0 amide bonds. The fourth-order valence-electron chi connectivity index (χ4n) is 2.12. The van der Waals surface area contributed by atoms with Crippen molar-refractivity contribution in [2.75, 3.05) is 27.2 Å². The summed E-state index contributed by atoms with van der Waals surface area (Å²) < 4.78 is 5.75. The molecule has 1 N–H and O–H groups in total. The van der Waals surface area contributed by atoms with E-state index >= 15 is 0 Å². The topological polar surface area (TPSA) is 49.8 Å². The van der Waals surface area contributed by atoms with Crippen molar-refractivity contribution in [1.82, 2.24) is 4.90 Å². The molecule has 4 nitrogen and oxygen atoms in total. The predicted molar refractivity (Wildman–Crippen MR) is 79.6 cm³/mol. The largest absolute Gasteiger partial charge is 0.492 e. The van der Waals surface area contributed by atoms with Crippen molar-refractivity contribution < 1.29 is 14.6 Å². The second kappa shape index (κ2) is 6.39. The molecule has 0 saturated carbocycles. The summed E-state index contributed by atoms with van der Waals surface area (Å²) in [5.41, 5.74) is 0.216. The number of ether oxygens (including phenoxy) is 1. The molecule has 4 heteroatoms. The number of benzene rings is 2. The van der Waals surface area contributed by atoms with E-state index < -0.39 is 5.97 Å². The Labute approximate surface area is 118 Å². The molecule has 0 unspecified atom stereocenters. The Kier molecular flexibility index (Phi) is 4.58. The molecule has 0 aromatic heterocycles. The van der Waals surface area contributed by atoms with E-state index in [0.717, 1.165) is 23.7 Å². The van der Waals surface area contributed by atoms with E-state index in [-0.39, 0.29) is 5.56 Å². The zero-order valence-corrected chi connectivity index (χ0v) is 11.8. The van der Waals surface area contributed by atoms with Gasteiger partial charge in [0.25, 0.3) is 0 Å². The van der Waals surface area contributed by atoms with Crippen LogP contribution >= 0.6 is 0 Å². The van der Waals surface area contributed by atoms with Crippen LogP contribution in [0, 0.1) is 0 Å². The standard InChI is InChI=1S/C16H19NO3/c1-17(2)10-5-11-20-15-13-7-4-3-6-12(13)8-9-14(15)16(18)19/h3-4,6-9H,5,10-11H2,1-2H3,(H,18,19). The number of carboxylic acids is 1. The van der Waals surface area contributed by atoms with Crippen molar-refractivity contribution in [1.29, 1.82) is 0 Å². The molecule has 0 radical (unpaired) electrons. The third-order valence-corrected chi connectivity index (χ3v) is 3.11. The van der Waals surface area contributed by atoms with Gasteiger partial charge in [0.1, 0.15) is 11.3 Å². The van der Waals surface area contributed by atoms with Gasteiger partial charge in [-0.05, 0) is 32.0 Å². The first-order valence-corrected chi connectivity index (χ1v) is 6.62. The van der Waals surface area contributed by atoms with Crippen LogP contribution in [0.25, 0.3) is 10.8 Å². The molecule has 0 spiro atoms. The highest BCUT2D eigenvalue weighted by molar-refractivity contribution is 6.00. The number of rotatable bonds is 6. The number of aromatic carboxylic acids is 1. The van der Waals surface area contributed by atoms with Gasteiger partial charge in [-0.1, -0.05) is 30.3 Å². The quantitative estimate of drug-likeness (QED) is 0.822. The van der Waals surface area contributed by atoms with Crippen molar-refractivity contribution in [3.05, 3.63) is 42.0 Å². The summed E-state index contributed by atoms with van der Waals surface area (Å²) >= 11 is 0. The molecule has 2 aromatic rings. The first-order valence-electron chi connectivity index (χ1n) is 6.62. The number of hydrogen-bond acceptors (Lipinski definition) is 3. The maximum atomic E-state index is 11.3. The normalized spacial score (nSPS) is 10.9. The average Bonchev–Trinajstić information content (AvgIpc) is 2.42. The molecule has 0 aliphatic carbocycles. The highest BCUT2D eigenvalue weighted by Crippen LogP contribution is 2.30. The van der Waals surface area contributed by atoms with Crippen LogP contribution in [0.2, 0.25) is 0 Å². The summed E-state index contributed by atoms with van der Waals surface area (Å²) in [7, 11) is 4.00. The lowest BCUT2D eigenvalue weighted by Crippen LogP contribution is -2.16. The van der Waals surface area contributed by atoms with Crippen LogP contribution in [0.4, 0.5) is 0 Å². The summed E-state index contributed by atoms with van der Waals surface area (Å²) in [6.45, 7) is 1.42. The lowest BCUT2D eigenvalue weighted by molar-refractivity contribution is 0.0692. The minimum absolute atomic E-state index is 0.216. The van der Waals surface area contributed by atoms with Crippen LogP contribution in [-0.2, 0) is 0 Å². The number of fused-ring (bicyclic) bond motifs is 1. The molecular weight excluding hydrogens is 254 g/mol. The van der Waals surface area contributed by atoms with Gasteiger partial charge < -0.3 is 14.7 Å². The Hall–Kier alpha value is -2.07. The van der Waals surface area contributed by atoms with E-state index in [1.807, 2.05) is 44.4 Å². The third-order valence-electron chi connectivity index (χ3n) is 3.11. The van der Waals surface area contributed by atoms with Crippen molar-refractivity contribution in [3.63, 3.8) is 0 Å². The summed E-state index contributed by atoms with van der Waals surface area (Å²) in [5, 5.41) is 11.1. The fourth-order valence-corrected chi connectivity index (χ4v) is 2.12. The Balaban J connectivity index is 2.28. The second-order valence-electron chi connectivity index (χ2n) is 4.97.